The molecule has 0 saturated carbocycles. The van der Waals surface area contributed by atoms with Crippen molar-refractivity contribution in [2.75, 3.05) is 13.7 Å². The Morgan fingerprint density at radius 1 is 1.39 bits per heavy atom. The van der Waals surface area contributed by atoms with Crippen LogP contribution in [0.15, 0.2) is 10.8 Å². The van der Waals surface area contributed by atoms with Crippen LogP contribution in [0.25, 0.3) is 0 Å². The van der Waals surface area contributed by atoms with Gasteiger partial charge < -0.3 is 14.5 Å². The Hall–Kier alpha value is -1.85. The molecule has 0 atom stereocenters. The fourth-order valence-electron chi connectivity index (χ4n) is 1.48. The van der Waals surface area contributed by atoms with Crippen molar-refractivity contribution in [1.29, 1.82) is 0 Å². The van der Waals surface area contributed by atoms with Gasteiger partial charge in [-0.05, 0) is 19.8 Å². The molecule has 1 rings (SSSR count). The molecular weight excluding hydrogens is 236 g/mol. The summed E-state index contributed by atoms with van der Waals surface area (Å²) in [7, 11) is 1.38. The molecule has 0 unspecified atom stereocenters. The zero-order valence-corrected chi connectivity index (χ0v) is 10.7. The van der Waals surface area contributed by atoms with Crippen molar-refractivity contribution < 1.29 is 18.7 Å². The normalized spacial score (nSPS) is 10.1. The van der Waals surface area contributed by atoms with Gasteiger partial charge >= 0.3 is 5.97 Å². The van der Waals surface area contributed by atoms with E-state index in [1.807, 2.05) is 0 Å². The molecule has 1 aromatic heterocycles. The van der Waals surface area contributed by atoms with Crippen molar-refractivity contribution in [3.05, 3.63) is 17.8 Å². The number of oxazole rings is 1. The maximum absolute atomic E-state index is 11.6. The molecule has 0 spiro atoms. The second kappa shape index (κ2) is 7.47. The number of hydrogen-bond donors (Lipinski definition) is 1. The molecule has 6 nitrogen and oxygen atoms in total. The van der Waals surface area contributed by atoms with Crippen molar-refractivity contribution in [3.8, 4) is 0 Å². The lowest BCUT2D eigenvalue weighted by Crippen LogP contribution is -2.24. The number of aromatic nitrogens is 1. The summed E-state index contributed by atoms with van der Waals surface area (Å²) in [5.41, 5.74) is 0.582. The average molecular weight is 254 g/mol. The quantitative estimate of drug-likeness (QED) is 0.588. The highest BCUT2D eigenvalue weighted by Crippen LogP contribution is 2.05. The zero-order chi connectivity index (χ0) is 13.4. The fraction of sp³-hybridized carbons (Fsp3) is 0.583. The number of esters is 1. The van der Waals surface area contributed by atoms with Crippen LogP contribution in [0.4, 0.5) is 0 Å². The highest BCUT2D eigenvalue weighted by Gasteiger charge is 2.12. The van der Waals surface area contributed by atoms with E-state index in [1.54, 1.807) is 6.92 Å². The summed E-state index contributed by atoms with van der Waals surface area (Å²) in [6.45, 7) is 2.27. The lowest BCUT2D eigenvalue weighted by Gasteiger charge is -2.03. The van der Waals surface area contributed by atoms with Gasteiger partial charge in [-0.2, -0.15) is 0 Å². The van der Waals surface area contributed by atoms with E-state index >= 15 is 0 Å². The maximum Gasteiger partial charge on any atom is 0.305 e. The number of carbonyl (C=O) groups excluding carboxylic acids is 2. The second-order valence-corrected chi connectivity index (χ2v) is 3.91. The molecule has 100 valence electrons. The summed E-state index contributed by atoms with van der Waals surface area (Å²) in [6, 6.07) is 0. The number of nitrogens with one attached hydrogen (secondary N) is 1. The molecule has 0 aromatic carbocycles. The average Bonchev–Trinajstić information content (AvgIpc) is 2.79. The molecule has 1 N–H and O–H groups in total. The second-order valence-electron chi connectivity index (χ2n) is 3.91. The number of unbranched alkanes of at least 4 members (excludes halogenated alkanes) is 2. The Balaban J connectivity index is 2.10. The highest BCUT2D eigenvalue weighted by atomic mass is 16.5. The van der Waals surface area contributed by atoms with E-state index in [0.29, 0.717) is 18.7 Å². The van der Waals surface area contributed by atoms with Crippen molar-refractivity contribution in [3.63, 3.8) is 0 Å². The fourth-order valence-corrected chi connectivity index (χ4v) is 1.48. The smallest absolute Gasteiger partial charge is 0.305 e. The summed E-state index contributed by atoms with van der Waals surface area (Å²) < 4.78 is 9.50. The standard InChI is InChI=1S/C12H18N2O4/c1-9-11(18-8-14-9)12(16)13-7-5-3-4-6-10(15)17-2/h8H,3-7H2,1-2H3,(H,13,16). The maximum atomic E-state index is 11.6. The Morgan fingerprint density at radius 3 is 2.78 bits per heavy atom. The summed E-state index contributed by atoms with van der Waals surface area (Å²) in [5.74, 6) is -0.196. The van der Waals surface area contributed by atoms with Crippen LogP contribution >= 0.6 is 0 Å². The van der Waals surface area contributed by atoms with Crippen LogP contribution in [0.2, 0.25) is 0 Å². The molecule has 18 heavy (non-hydrogen) atoms. The Labute approximate surface area is 106 Å². The van der Waals surface area contributed by atoms with Gasteiger partial charge in [-0.25, -0.2) is 4.98 Å². The third-order valence-corrected chi connectivity index (χ3v) is 2.52. The van der Waals surface area contributed by atoms with Gasteiger partial charge in [0.25, 0.3) is 5.91 Å². The molecule has 1 amide bonds. The first-order valence-electron chi connectivity index (χ1n) is 5.90. The molecule has 0 aliphatic rings. The van der Waals surface area contributed by atoms with E-state index in [-0.39, 0.29) is 17.6 Å². The number of rotatable bonds is 7. The summed E-state index contributed by atoms with van der Waals surface area (Å²) >= 11 is 0. The lowest BCUT2D eigenvalue weighted by atomic mass is 10.2. The third-order valence-electron chi connectivity index (χ3n) is 2.52. The molecule has 0 fully saturated rings. The minimum Gasteiger partial charge on any atom is -0.469 e. The topological polar surface area (TPSA) is 81.4 Å². The summed E-state index contributed by atoms with van der Waals surface area (Å²) in [6.07, 6.45) is 4.12. The van der Waals surface area contributed by atoms with E-state index in [4.69, 9.17) is 4.42 Å². The van der Waals surface area contributed by atoms with Gasteiger partial charge in [0, 0.05) is 13.0 Å². The number of hydrogen-bond acceptors (Lipinski definition) is 5. The van der Waals surface area contributed by atoms with Gasteiger partial charge in [0.15, 0.2) is 6.39 Å². The zero-order valence-electron chi connectivity index (χ0n) is 10.7. The number of methoxy groups -OCH3 is 1. The van der Waals surface area contributed by atoms with Gasteiger partial charge in [0.2, 0.25) is 5.76 Å². The van der Waals surface area contributed by atoms with Gasteiger partial charge in [-0.3, -0.25) is 9.59 Å². The van der Waals surface area contributed by atoms with E-state index in [2.05, 4.69) is 15.0 Å². The van der Waals surface area contributed by atoms with Gasteiger partial charge in [0.05, 0.1) is 12.8 Å². The summed E-state index contributed by atoms with van der Waals surface area (Å²) in [5, 5.41) is 2.74. The van der Waals surface area contributed by atoms with Crippen LogP contribution in [0.1, 0.15) is 41.9 Å². The van der Waals surface area contributed by atoms with Crippen molar-refractivity contribution >= 4 is 11.9 Å². The van der Waals surface area contributed by atoms with Crippen LogP contribution in [0.3, 0.4) is 0 Å². The lowest BCUT2D eigenvalue weighted by molar-refractivity contribution is -0.140. The predicted molar refractivity (Wildman–Crippen MR) is 64.1 cm³/mol. The number of carbonyl (C=O) groups is 2. The minimum atomic E-state index is -0.252. The molecule has 0 aliphatic carbocycles. The van der Waals surface area contributed by atoms with E-state index in [9.17, 15) is 9.59 Å². The SMILES string of the molecule is COC(=O)CCCCCNC(=O)c1ocnc1C. The van der Waals surface area contributed by atoms with Crippen LogP contribution in [-0.4, -0.2) is 30.5 Å². The Kier molecular flexibility index (Phi) is 5.90. The number of ether oxygens (including phenoxy) is 1. The van der Waals surface area contributed by atoms with Crippen LogP contribution in [-0.2, 0) is 9.53 Å². The third kappa shape index (κ3) is 4.57. The molecule has 0 bridgehead atoms. The van der Waals surface area contributed by atoms with E-state index in [1.165, 1.54) is 13.5 Å². The molecule has 1 aromatic rings. The first-order chi connectivity index (χ1) is 8.65. The van der Waals surface area contributed by atoms with E-state index in [0.717, 1.165) is 19.3 Å². The number of amides is 1. The summed E-state index contributed by atoms with van der Waals surface area (Å²) in [4.78, 5) is 26.3. The van der Waals surface area contributed by atoms with Crippen molar-refractivity contribution in [2.45, 2.75) is 32.6 Å². The minimum absolute atomic E-state index is 0.198. The molecule has 0 radical (unpaired) electrons. The molecule has 6 heteroatoms. The highest BCUT2D eigenvalue weighted by molar-refractivity contribution is 5.92. The predicted octanol–water partition coefficient (Wildman–Crippen LogP) is 1.45. The van der Waals surface area contributed by atoms with Gasteiger partial charge in [-0.15, -0.1) is 0 Å². The van der Waals surface area contributed by atoms with Crippen LogP contribution < -0.4 is 5.32 Å². The molecule has 0 saturated heterocycles. The molecule has 0 aliphatic heterocycles. The van der Waals surface area contributed by atoms with Crippen molar-refractivity contribution in [2.24, 2.45) is 0 Å². The van der Waals surface area contributed by atoms with Crippen LogP contribution in [0.5, 0.6) is 0 Å². The monoisotopic (exact) mass is 254 g/mol. The van der Waals surface area contributed by atoms with Gasteiger partial charge in [0.1, 0.15) is 0 Å². The number of aryl methyl sites for hydroxylation is 1. The molecule has 1 heterocycles. The first-order valence-corrected chi connectivity index (χ1v) is 5.90. The first kappa shape index (κ1) is 14.2. The van der Waals surface area contributed by atoms with Crippen molar-refractivity contribution in [1.82, 2.24) is 10.3 Å². The Morgan fingerprint density at radius 2 is 2.17 bits per heavy atom. The van der Waals surface area contributed by atoms with Gasteiger partial charge in [-0.1, -0.05) is 6.42 Å². The van der Waals surface area contributed by atoms with E-state index < -0.39 is 0 Å². The number of nitrogens with zero attached hydrogens (tertiary/aromatic N) is 1. The largest absolute Gasteiger partial charge is 0.469 e. The van der Waals surface area contributed by atoms with Crippen LogP contribution in [0, 0.1) is 6.92 Å². The molecular formula is C12H18N2O4. The Bertz CT molecular complexity index is 401.